The molecule has 2 rings (SSSR count). The third kappa shape index (κ3) is 2.47. The fourth-order valence-corrected chi connectivity index (χ4v) is 2.86. The first-order valence-corrected chi connectivity index (χ1v) is 6.11. The van der Waals surface area contributed by atoms with E-state index in [1.807, 2.05) is 18.2 Å². The average Bonchev–Trinajstić information content (AvgIpc) is 2.12. The van der Waals surface area contributed by atoms with Crippen LogP contribution in [-0.4, -0.2) is 6.54 Å². The number of benzene rings is 1. The van der Waals surface area contributed by atoms with Gasteiger partial charge >= 0.3 is 0 Å². The van der Waals surface area contributed by atoms with Crippen LogP contribution in [0.25, 0.3) is 0 Å². The SMILES string of the molecule is NCCC1CC(c2ccc(Cl)cc2Cl)C1. The van der Waals surface area contributed by atoms with Crippen LogP contribution in [0, 0.1) is 5.92 Å². The maximum Gasteiger partial charge on any atom is 0.0455 e. The van der Waals surface area contributed by atoms with Crippen molar-refractivity contribution in [2.75, 3.05) is 6.54 Å². The van der Waals surface area contributed by atoms with Crippen molar-refractivity contribution in [2.45, 2.75) is 25.2 Å². The van der Waals surface area contributed by atoms with Gasteiger partial charge in [-0.3, -0.25) is 0 Å². The van der Waals surface area contributed by atoms with E-state index in [9.17, 15) is 0 Å². The molecule has 0 spiro atoms. The van der Waals surface area contributed by atoms with Gasteiger partial charge in [-0.15, -0.1) is 0 Å². The van der Waals surface area contributed by atoms with Gasteiger partial charge in [-0.25, -0.2) is 0 Å². The molecule has 1 saturated carbocycles. The highest BCUT2D eigenvalue weighted by molar-refractivity contribution is 6.35. The summed E-state index contributed by atoms with van der Waals surface area (Å²) in [7, 11) is 0. The van der Waals surface area contributed by atoms with Gasteiger partial charge < -0.3 is 5.73 Å². The molecule has 0 amide bonds. The Morgan fingerprint density at radius 3 is 2.60 bits per heavy atom. The topological polar surface area (TPSA) is 26.0 Å². The van der Waals surface area contributed by atoms with Crippen LogP contribution in [-0.2, 0) is 0 Å². The van der Waals surface area contributed by atoms with E-state index in [0.717, 1.165) is 23.9 Å². The summed E-state index contributed by atoms with van der Waals surface area (Å²) in [5, 5.41) is 1.51. The number of hydrogen-bond donors (Lipinski definition) is 1. The Balaban J connectivity index is 2.01. The Morgan fingerprint density at radius 2 is 2.00 bits per heavy atom. The molecule has 0 aliphatic heterocycles. The monoisotopic (exact) mass is 243 g/mol. The molecule has 1 aliphatic carbocycles. The second-order valence-corrected chi connectivity index (χ2v) is 5.12. The van der Waals surface area contributed by atoms with Crippen LogP contribution in [0.15, 0.2) is 18.2 Å². The predicted molar refractivity (Wildman–Crippen MR) is 65.6 cm³/mol. The Kier molecular flexibility index (Phi) is 3.55. The van der Waals surface area contributed by atoms with Crippen LogP contribution in [0.1, 0.15) is 30.7 Å². The fraction of sp³-hybridized carbons (Fsp3) is 0.500. The third-order valence-electron chi connectivity index (χ3n) is 3.21. The number of halogens is 2. The molecule has 2 N–H and O–H groups in total. The molecule has 0 atom stereocenters. The van der Waals surface area contributed by atoms with Crippen molar-refractivity contribution in [1.82, 2.24) is 0 Å². The molecule has 15 heavy (non-hydrogen) atoms. The minimum absolute atomic E-state index is 0.617. The van der Waals surface area contributed by atoms with Crippen molar-refractivity contribution in [2.24, 2.45) is 11.7 Å². The van der Waals surface area contributed by atoms with Gasteiger partial charge in [-0.2, -0.15) is 0 Å². The van der Waals surface area contributed by atoms with E-state index in [4.69, 9.17) is 28.9 Å². The van der Waals surface area contributed by atoms with Gasteiger partial charge in [0.25, 0.3) is 0 Å². The van der Waals surface area contributed by atoms with Crippen LogP contribution in [0.4, 0.5) is 0 Å². The van der Waals surface area contributed by atoms with Gasteiger partial charge in [-0.1, -0.05) is 29.3 Å². The highest BCUT2D eigenvalue weighted by Gasteiger charge is 2.30. The van der Waals surface area contributed by atoms with Gasteiger partial charge in [-0.05, 0) is 55.3 Å². The summed E-state index contributed by atoms with van der Waals surface area (Å²) in [6.07, 6.45) is 3.58. The molecule has 1 aliphatic rings. The van der Waals surface area contributed by atoms with E-state index < -0.39 is 0 Å². The second-order valence-electron chi connectivity index (χ2n) is 4.28. The first-order valence-electron chi connectivity index (χ1n) is 5.35. The van der Waals surface area contributed by atoms with E-state index in [0.29, 0.717) is 10.9 Å². The van der Waals surface area contributed by atoms with Crippen molar-refractivity contribution in [3.05, 3.63) is 33.8 Å². The summed E-state index contributed by atoms with van der Waals surface area (Å²) in [5.74, 6) is 1.41. The van der Waals surface area contributed by atoms with E-state index in [1.165, 1.54) is 18.4 Å². The molecule has 0 bridgehead atoms. The zero-order valence-corrected chi connectivity index (χ0v) is 10.1. The lowest BCUT2D eigenvalue weighted by molar-refractivity contribution is 0.251. The Morgan fingerprint density at radius 1 is 1.27 bits per heavy atom. The summed E-state index contributed by atoms with van der Waals surface area (Å²) in [5.41, 5.74) is 6.77. The van der Waals surface area contributed by atoms with E-state index in [1.54, 1.807) is 0 Å². The van der Waals surface area contributed by atoms with E-state index >= 15 is 0 Å². The molecule has 82 valence electrons. The molecule has 1 aromatic rings. The van der Waals surface area contributed by atoms with Gasteiger partial charge in [0.05, 0.1) is 0 Å². The molecule has 0 unspecified atom stereocenters. The maximum absolute atomic E-state index is 6.15. The van der Waals surface area contributed by atoms with Crippen molar-refractivity contribution >= 4 is 23.2 Å². The Hall–Kier alpha value is -0.240. The number of rotatable bonds is 3. The quantitative estimate of drug-likeness (QED) is 0.858. The van der Waals surface area contributed by atoms with Gasteiger partial charge in [0.2, 0.25) is 0 Å². The van der Waals surface area contributed by atoms with Crippen LogP contribution in [0.3, 0.4) is 0 Å². The molecule has 1 aromatic carbocycles. The molecule has 1 fully saturated rings. The van der Waals surface area contributed by atoms with Crippen molar-refractivity contribution < 1.29 is 0 Å². The lowest BCUT2D eigenvalue weighted by atomic mass is 9.70. The summed E-state index contributed by atoms with van der Waals surface area (Å²) in [4.78, 5) is 0. The first-order chi connectivity index (χ1) is 7.20. The van der Waals surface area contributed by atoms with Crippen molar-refractivity contribution in [1.29, 1.82) is 0 Å². The molecule has 3 heteroatoms. The zero-order chi connectivity index (χ0) is 10.8. The third-order valence-corrected chi connectivity index (χ3v) is 3.78. The standard InChI is InChI=1S/C12H15Cl2N/c13-10-1-2-11(12(14)7-10)9-5-8(6-9)3-4-15/h1-2,7-9H,3-6,15H2. The fourth-order valence-electron chi connectivity index (χ4n) is 2.29. The minimum atomic E-state index is 0.617. The molecule has 0 radical (unpaired) electrons. The Labute approximate surface area is 101 Å². The molecule has 0 heterocycles. The average molecular weight is 244 g/mol. The van der Waals surface area contributed by atoms with E-state index in [2.05, 4.69) is 0 Å². The summed E-state index contributed by atoms with van der Waals surface area (Å²) in [6, 6.07) is 5.79. The number of nitrogens with two attached hydrogens (primary N) is 1. The molecule has 1 nitrogen and oxygen atoms in total. The van der Waals surface area contributed by atoms with Crippen molar-refractivity contribution in [3.63, 3.8) is 0 Å². The highest BCUT2D eigenvalue weighted by Crippen LogP contribution is 2.45. The summed E-state index contributed by atoms with van der Waals surface area (Å²) < 4.78 is 0. The van der Waals surface area contributed by atoms with Crippen LogP contribution >= 0.6 is 23.2 Å². The van der Waals surface area contributed by atoms with Gasteiger partial charge in [0.15, 0.2) is 0 Å². The van der Waals surface area contributed by atoms with Gasteiger partial charge in [0.1, 0.15) is 0 Å². The van der Waals surface area contributed by atoms with Crippen molar-refractivity contribution in [3.8, 4) is 0 Å². The minimum Gasteiger partial charge on any atom is -0.330 e. The van der Waals surface area contributed by atoms with Gasteiger partial charge in [0, 0.05) is 10.0 Å². The predicted octanol–water partition coefficient (Wildman–Crippen LogP) is 3.84. The summed E-state index contributed by atoms with van der Waals surface area (Å²) in [6.45, 7) is 0.797. The van der Waals surface area contributed by atoms with Crippen LogP contribution < -0.4 is 5.73 Å². The second kappa shape index (κ2) is 4.73. The molecular weight excluding hydrogens is 229 g/mol. The van der Waals surface area contributed by atoms with E-state index in [-0.39, 0.29) is 0 Å². The van der Waals surface area contributed by atoms with Crippen LogP contribution in [0.5, 0.6) is 0 Å². The molecule has 0 saturated heterocycles. The maximum atomic E-state index is 6.15. The molecular formula is C12H15Cl2N. The highest BCUT2D eigenvalue weighted by atomic mass is 35.5. The lowest BCUT2D eigenvalue weighted by Crippen LogP contribution is -2.24. The molecule has 0 aromatic heterocycles. The van der Waals surface area contributed by atoms with Crippen LogP contribution in [0.2, 0.25) is 10.0 Å². The Bertz CT molecular complexity index is 345. The number of hydrogen-bond acceptors (Lipinski definition) is 1. The lowest BCUT2D eigenvalue weighted by Gasteiger charge is -2.36. The largest absolute Gasteiger partial charge is 0.330 e. The smallest absolute Gasteiger partial charge is 0.0455 e. The zero-order valence-electron chi connectivity index (χ0n) is 8.55. The normalized spacial score (nSPS) is 25.0. The summed E-state index contributed by atoms with van der Waals surface area (Å²) >= 11 is 12.0. The first kappa shape index (κ1) is 11.3.